The van der Waals surface area contributed by atoms with Crippen molar-refractivity contribution in [3.05, 3.63) is 47.3 Å². The summed E-state index contributed by atoms with van der Waals surface area (Å²) in [4.78, 5) is 0. The van der Waals surface area contributed by atoms with Gasteiger partial charge in [-0.1, -0.05) is 18.2 Å². The van der Waals surface area contributed by atoms with Crippen molar-refractivity contribution in [2.75, 3.05) is 0 Å². The molecule has 84 valence electrons. The summed E-state index contributed by atoms with van der Waals surface area (Å²) in [6.07, 6.45) is 3.79. The van der Waals surface area contributed by atoms with E-state index in [1.165, 1.54) is 11.1 Å². The Balaban J connectivity index is 2.10. The molecule has 0 radical (unpaired) electrons. The molecule has 0 aliphatic carbocycles. The first-order valence-electron chi connectivity index (χ1n) is 5.33. The van der Waals surface area contributed by atoms with Crippen molar-refractivity contribution in [3.8, 4) is 5.75 Å². The Morgan fingerprint density at radius 2 is 1.94 bits per heavy atom. The van der Waals surface area contributed by atoms with Gasteiger partial charge in [0.15, 0.2) is 0 Å². The van der Waals surface area contributed by atoms with Gasteiger partial charge in [-0.25, -0.2) is 0 Å². The second-order valence-electron chi connectivity index (χ2n) is 4.03. The Labute approximate surface area is 95.7 Å². The zero-order valence-corrected chi connectivity index (χ0v) is 9.90. The molecular formula is C13H16N2O. The normalized spacial score (nSPS) is 10.4. The van der Waals surface area contributed by atoms with E-state index in [4.69, 9.17) is 4.74 Å². The highest BCUT2D eigenvalue weighted by atomic mass is 16.5. The summed E-state index contributed by atoms with van der Waals surface area (Å²) in [6.45, 7) is 4.69. The first-order chi connectivity index (χ1) is 7.66. The van der Waals surface area contributed by atoms with E-state index in [2.05, 4.69) is 31.1 Å². The molecule has 0 atom stereocenters. The number of hydrogen-bond donors (Lipinski definition) is 0. The number of aryl methyl sites for hydroxylation is 3. The molecule has 0 aliphatic heterocycles. The standard InChI is InChI=1S/C13H16N2O/c1-10-5-4-6-11(2)13(10)16-9-12-7-14-15(3)8-12/h4-8H,9H2,1-3H3. The van der Waals surface area contributed by atoms with Crippen molar-refractivity contribution in [3.63, 3.8) is 0 Å². The molecule has 0 fully saturated rings. The van der Waals surface area contributed by atoms with E-state index in [9.17, 15) is 0 Å². The number of benzene rings is 1. The van der Waals surface area contributed by atoms with Gasteiger partial charge in [0.1, 0.15) is 12.4 Å². The average Bonchev–Trinajstić information content (AvgIpc) is 2.63. The van der Waals surface area contributed by atoms with Crippen LogP contribution in [0.1, 0.15) is 16.7 Å². The largest absolute Gasteiger partial charge is 0.488 e. The van der Waals surface area contributed by atoms with Crippen molar-refractivity contribution in [1.82, 2.24) is 9.78 Å². The molecule has 3 nitrogen and oxygen atoms in total. The second kappa shape index (κ2) is 4.39. The van der Waals surface area contributed by atoms with Gasteiger partial charge in [-0.3, -0.25) is 4.68 Å². The zero-order valence-electron chi connectivity index (χ0n) is 9.90. The van der Waals surface area contributed by atoms with Crippen molar-refractivity contribution in [2.45, 2.75) is 20.5 Å². The van der Waals surface area contributed by atoms with E-state index >= 15 is 0 Å². The predicted molar refractivity (Wildman–Crippen MR) is 63.5 cm³/mol. The molecule has 2 aromatic rings. The Hall–Kier alpha value is -1.77. The Kier molecular flexibility index (Phi) is 2.95. The molecule has 1 aromatic carbocycles. The van der Waals surface area contributed by atoms with Crippen LogP contribution in [0.2, 0.25) is 0 Å². The van der Waals surface area contributed by atoms with Crippen molar-refractivity contribution in [2.24, 2.45) is 7.05 Å². The number of para-hydroxylation sites is 1. The Morgan fingerprint density at radius 1 is 1.25 bits per heavy atom. The predicted octanol–water partition coefficient (Wildman–Crippen LogP) is 2.62. The second-order valence-corrected chi connectivity index (χ2v) is 4.03. The zero-order chi connectivity index (χ0) is 11.5. The molecule has 0 spiro atoms. The first-order valence-corrected chi connectivity index (χ1v) is 5.33. The van der Waals surface area contributed by atoms with Crippen LogP contribution in [0.5, 0.6) is 5.75 Å². The van der Waals surface area contributed by atoms with Crippen LogP contribution >= 0.6 is 0 Å². The minimum absolute atomic E-state index is 0.569. The van der Waals surface area contributed by atoms with E-state index in [-0.39, 0.29) is 0 Å². The van der Waals surface area contributed by atoms with Crippen LogP contribution in [-0.2, 0) is 13.7 Å². The maximum absolute atomic E-state index is 5.81. The van der Waals surface area contributed by atoms with E-state index < -0.39 is 0 Å². The number of hydrogen-bond acceptors (Lipinski definition) is 2. The summed E-state index contributed by atoms with van der Waals surface area (Å²) in [6, 6.07) is 6.17. The van der Waals surface area contributed by atoms with Gasteiger partial charge in [-0.15, -0.1) is 0 Å². The molecule has 0 amide bonds. The third-order valence-electron chi connectivity index (χ3n) is 2.55. The lowest BCUT2D eigenvalue weighted by atomic mass is 10.1. The fourth-order valence-corrected chi connectivity index (χ4v) is 1.73. The van der Waals surface area contributed by atoms with Gasteiger partial charge in [-0.05, 0) is 25.0 Å². The van der Waals surface area contributed by atoms with Gasteiger partial charge < -0.3 is 4.74 Å². The lowest BCUT2D eigenvalue weighted by Gasteiger charge is -2.10. The minimum Gasteiger partial charge on any atom is -0.488 e. The molecule has 16 heavy (non-hydrogen) atoms. The SMILES string of the molecule is Cc1cccc(C)c1OCc1cnn(C)c1. The Bertz CT molecular complexity index is 468. The lowest BCUT2D eigenvalue weighted by molar-refractivity contribution is 0.302. The summed E-state index contributed by atoms with van der Waals surface area (Å²) < 4.78 is 7.59. The molecule has 0 saturated carbocycles. The highest BCUT2D eigenvalue weighted by molar-refractivity contribution is 5.39. The smallest absolute Gasteiger partial charge is 0.125 e. The summed E-state index contributed by atoms with van der Waals surface area (Å²) in [5.74, 6) is 0.978. The number of rotatable bonds is 3. The molecule has 2 rings (SSSR count). The molecule has 3 heteroatoms. The van der Waals surface area contributed by atoms with Crippen LogP contribution in [0.15, 0.2) is 30.6 Å². The van der Waals surface area contributed by atoms with Gasteiger partial charge in [0.25, 0.3) is 0 Å². The van der Waals surface area contributed by atoms with Crippen LogP contribution < -0.4 is 4.74 Å². The van der Waals surface area contributed by atoms with Crippen molar-refractivity contribution < 1.29 is 4.74 Å². The molecule has 0 unspecified atom stereocenters. The van der Waals surface area contributed by atoms with Gasteiger partial charge in [0, 0.05) is 18.8 Å². The first kappa shape index (κ1) is 10.7. The van der Waals surface area contributed by atoms with Gasteiger partial charge in [0.2, 0.25) is 0 Å². The topological polar surface area (TPSA) is 27.1 Å². The van der Waals surface area contributed by atoms with Crippen LogP contribution in [-0.4, -0.2) is 9.78 Å². The third kappa shape index (κ3) is 2.24. The van der Waals surface area contributed by atoms with Crippen LogP contribution in [0.3, 0.4) is 0 Å². The van der Waals surface area contributed by atoms with E-state index in [0.717, 1.165) is 11.3 Å². The van der Waals surface area contributed by atoms with Gasteiger partial charge >= 0.3 is 0 Å². The maximum atomic E-state index is 5.81. The maximum Gasteiger partial charge on any atom is 0.125 e. The summed E-state index contributed by atoms with van der Waals surface area (Å²) in [5, 5.41) is 4.11. The summed E-state index contributed by atoms with van der Waals surface area (Å²) in [5.41, 5.74) is 3.43. The monoisotopic (exact) mass is 216 g/mol. The van der Waals surface area contributed by atoms with Crippen LogP contribution in [0.25, 0.3) is 0 Å². The summed E-state index contributed by atoms with van der Waals surface area (Å²) >= 11 is 0. The third-order valence-corrected chi connectivity index (χ3v) is 2.55. The van der Waals surface area contributed by atoms with Gasteiger partial charge in [-0.2, -0.15) is 5.10 Å². The molecule has 0 saturated heterocycles. The van der Waals surface area contributed by atoms with Gasteiger partial charge in [0.05, 0.1) is 6.20 Å². The van der Waals surface area contributed by atoms with Crippen molar-refractivity contribution >= 4 is 0 Å². The van der Waals surface area contributed by atoms with E-state index in [1.807, 2.05) is 25.5 Å². The number of ether oxygens (including phenoxy) is 1. The highest BCUT2D eigenvalue weighted by Crippen LogP contribution is 2.23. The molecule has 0 bridgehead atoms. The Morgan fingerprint density at radius 3 is 2.50 bits per heavy atom. The molecule has 1 aromatic heterocycles. The summed E-state index contributed by atoms with van der Waals surface area (Å²) in [7, 11) is 1.91. The van der Waals surface area contributed by atoms with E-state index in [1.54, 1.807) is 4.68 Å². The minimum atomic E-state index is 0.569. The fraction of sp³-hybridized carbons (Fsp3) is 0.308. The fourth-order valence-electron chi connectivity index (χ4n) is 1.73. The molecule has 0 N–H and O–H groups in total. The lowest BCUT2D eigenvalue weighted by Crippen LogP contribution is -1.97. The molecular weight excluding hydrogens is 200 g/mol. The highest BCUT2D eigenvalue weighted by Gasteiger charge is 2.04. The quantitative estimate of drug-likeness (QED) is 0.788. The molecule has 1 heterocycles. The van der Waals surface area contributed by atoms with Crippen LogP contribution in [0, 0.1) is 13.8 Å². The molecule has 0 aliphatic rings. The van der Waals surface area contributed by atoms with Crippen molar-refractivity contribution in [1.29, 1.82) is 0 Å². The number of nitrogens with zero attached hydrogens (tertiary/aromatic N) is 2. The van der Waals surface area contributed by atoms with Crippen LogP contribution in [0.4, 0.5) is 0 Å². The van der Waals surface area contributed by atoms with E-state index in [0.29, 0.717) is 6.61 Å². The number of aromatic nitrogens is 2. The average molecular weight is 216 g/mol.